The van der Waals surface area contributed by atoms with E-state index in [0.29, 0.717) is 5.56 Å². The molecular weight excluding hydrogens is 247 g/mol. The molecule has 0 bridgehead atoms. The maximum atomic E-state index is 13.5. The first-order valence-corrected chi connectivity index (χ1v) is 5.41. The molecule has 5 heteroatoms. The van der Waals surface area contributed by atoms with Crippen LogP contribution in [0.3, 0.4) is 0 Å². The summed E-state index contributed by atoms with van der Waals surface area (Å²) >= 11 is 5.74. The van der Waals surface area contributed by atoms with Gasteiger partial charge in [0.05, 0.1) is 12.5 Å². The molecule has 3 nitrogen and oxygen atoms in total. The van der Waals surface area contributed by atoms with E-state index in [4.69, 9.17) is 21.4 Å². The van der Waals surface area contributed by atoms with Gasteiger partial charge in [0.2, 0.25) is 0 Å². The van der Waals surface area contributed by atoms with Crippen molar-refractivity contribution in [1.29, 1.82) is 0 Å². The molecule has 0 aliphatic rings. The Morgan fingerprint density at radius 2 is 2.12 bits per heavy atom. The van der Waals surface area contributed by atoms with Gasteiger partial charge in [-0.3, -0.25) is 4.79 Å². The van der Waals surface area contributed by atoms with Crippen molar-refractivity contribution in [3.05, 3.63) is 28.5 Å². The van der Waals surface area contributed by atoms with Crippen molar-refractivity contribution in [3.8, 4) is 5.75 Å². The first-order chi connectivity index (χ1) is 7.77. The second-order valence-corrected chi connectivity index (χ2v) is 4.88. The Kier molecular flexibility index (Phi) is 3.98. The van der Waals surface area contributed by atoms with E-state index in [1.165, 1.54) is 13.2 Å². The van der Waals surface area contributed by atoms with Crippen LogP contribution >= 0.6 is 11.6 Å². The lowest BCUT2D eigenvalue weighted by molar-refractivity contribution is -0.146. The molecule has 1 N–H and O–H groups in total. The summed E-state index contributed by atoms with van der Waals surface area (Å²) in [6, 6.07) is 2.66. The van der Waals surface area contributed by atoms with Crippen molar-refractivity contribution in [2.45, 2.75) is 20.3 Å². The van der Waals surface area contributed by atoms with Crippen LogP contribution in [0.4, 0.5) is 4.39 Å². The van der Waals surface area contributed by atoms with Crippen LogP contribution in [0.1, 0.15) is 19.4 Å². The van der Waals surface area contributed by atoms with E-state index in [9.17, 15) is 9.18 Å². The molecule has 1 aromatic rings. The summed E-state index contributed by atoms with van der Waals surface area (Å²) < 4.78 is 18.5. The number of carboxylic acid groups (broad SMARTS) is 1. The standard InChI is InChI=1S/C12H14ClFO3/c1-12(2,11(15)16)6-7-4-8(13)5-9(14)10(7)17-3/h4-5H,6H2,1-3H3,(H,15,16). The highest BCUT2D eigenvalue weighted by Gasteiger charge is 2.29. The molecule has 0 saturated heterocycles. The van der Waals surface area contributed by atoms with Gasteiger partial charge in [-0.05, 0) is 38.0 Å². The predicted octanol–water partition coefficient (Wildman–Crippen LogP) is 3.14. The Labute approximate surface area is 104 Å². The van der Waals surface area contributed by atoms with Gasteiger partial charge in [0.25, 0.3) is 0 Å². The fraction of sp³-hybridized carbons (Fsp3) is 0.417. The summed E-state index contributed by atoms with van der Waals surface area (Å²) in [4.78, 5) is 11.0. The van der Waals surface area contributed by atoms with Gasteiger partial charge in [-0.2, -0.15) is 0 Å². The Morgan fingerprint density at radius 1 is 1.53 bits per heavy atom. The minimum absolute atomic E-state index is 0.0451. The van der Waals surface area contributed by atoms with Gasteiger partial charge in [0, 0.05) is 5.02 Å². The summed E-state index contributed by atoms with van der Waals surface area (Å²) in [6.45, 7) is 3.13. The first-order valence-electron chi connectivity index (χ1n) is 5.03. The van der Waals surface area contributed by atoms with Crippen LogP contribution in [-0.4, -0.2) is 18.2 Å². The second kappa shape index (κ2) is 4.92. The zero-order valence-corrected chi connectivity index (χ0v) is 10.6. The normalized spacial score (nSPS) is 11.4. The highest BCUT2D eigenvalue weighted by molar-refractivity contribution is 6.30. The first kappa shape index (κ1) is 13.8. The molecular formula is C12H14ClFO3. The fourth-order valence-electron chi connectivity index (χ4n) is 1.53. The molecule has 0 atom stereocenters. The maximum Gasteiger partial charge on any atom is 0.309 e. The van der Waals surface area contributed by atoms with Gasteiger partial charge >= 0.3 is 5.97 Å². The van der Waals surface area contributed by atoms with Crippen molar-refractivity contribution < 1.29 is 19.0 Å². The van der Waals surface area contributed by atoms with E-state index >= 15 is 0 Å². The summed E-state index contributed by atoms with van der Waals surface area (Å²) in [5.74, 6) is -1.50. The van der Waals surface area contributed by atoms with Crippen LogP contribution < -0.4 is 4.74 Å². The van der Waals surface area contributed by atoms with Crippen LogP contribution in [0.15, 0.2) is 12.1 Å². The molecule has 0 saturated carbocycles. The Bertz CT molecular complexity index is 444. The molecule has 0 aliphatic heterocycles. The largest absolute Gasteiger partial charge is 0.493 e. The van der Waals surface area contributed by atoms with Crippen LogP contribution in [0.2, 0.25) is 5.02 Å². The minimum Gasteiger partial charge on any atom is -0.493 e. The summed E-state index contributed by atoms with van der Waals surface area (Å²) in [7, 11) is 1.34. The van der Waals surface area contributed by atoms with E-state index in [1.54, 1.807) is 13.8 Å². The number of hydrogen-bond donors (Lipinski definition) is 1. The number of methoxy groups -OCH3 is 1. The Morgan fingerprint density at radius 3 is 2.59 bits per heavy atom. The number of carbonyl (C=O) groups is 1. The molecule has 1 rings (SSSR count). The molecule has 0 aromatic heterocycles. The van der Waals surface area contributed by atoms with Crippen LogP contribution in [0.5, 0.6) is 5.75 Å². The van der Waals surface area contributed by atoms with Gasteiger partial charge in [-0.1, -0.05) is 11.6 Å². The molecule has 0 unspecified atom stereocenters. The van der Waals surface area contributed by atoms with Gasteiger partial charge < -0.3 is 9.84 Å². The van der Waals surface area contributed by atoms with Gasteiger partial charge in [-0.25, -0.2) is 4.39 Å². The summed E-state index contributed by atoms with van der Waals surface area (Å²) in [5.41, 5.74) is -0.561. The van der Waals surface area contributed by atoms with Crippen molar-refractivity contribution >= 4 is 17.6 Å². The SMILES string of the molecule is COc1c(F)cc(Cl)cc1CC(C)(C)C(=O)O. The molecule has 0 fully saturated rings. The molecule has 94 valence electrons. The van der Waals surface area contributed by atoms with E-state index in [-0.39, 0.29) is 17.2 Å². The molecule has 0 spiro atoms. The third kappa shape index (κ3) is 3.09. The van der Waals surface area contributed by atoms with Gasteiger partial charge in [0.1, 0.15) is 0 Å². The van der Waals surface area contributed by atoms with Crippen molar-refractivity contribution in [3.63, 3.8) is 0 Å². The zero-order valence-electron chi connectivity index (χ0n) is 9.88. The van der Waals surface area contributed by atoms with E-state index in [0.717, 1.165) is 6.07 Å². The van der Waals surface area contributed by atoms with E-state index in [2.05, 4.69) is 0 Å². The van der Waals surface area contributed by atoms with Crippen molar-refractivity contribution in [2.24, 2.45) is 5.41 Å². The molecule has 0 amide bonds. The lowest BCUT2D eigenvalue weighted by Crippen LogP contribution is -2.26. The predicted molar refractivity (Wildman–Crippen MR) is 63.1 cm³/mol. The van der Waals surface area contributed by atoms with Crippen molar-refractivity contribution in [2.75, 3.05) is 7.11 Å². The fourth-order valence-corrected chi connectivity index (χ4v) is 1.75. The lowest BCUT2D eigenvalue weighted by atomic mass is 9.85. The minimum atomic E-state index is -1.01. The zero-order chi connectivity index (χ0) is 13.2. The second-order valence-electron chi connectivity index (χ2n) is 4.45. The highest BCUT2D eigenvalue weighted by Crippen LogP contribution is 2.32. The Balaban J connectivity index is 3.18. The molecule has 0 aliphatic carbocycles. The molecule has 1 aromatic carbocycles. The van der Waals surface area contributed by atoms with Crippen LogP contribution in [0, 0.1) is 11.2 Å². The summed E-state index contributed by atoms with van der Waals surface area (Å²) in [6.07, 6.45) is 0.142. The van der Waals surface area contributed by atoms with Crippen molar-refractivity contribution in [1.82, 2.24) is 0 Å². The number of halogens is 2. The van der Waals surface area contributed by atoms with Gasteiger partial charge in [-0.15, -0.1) is 0 Å². The number of aliphatic carboxylic acids is 1. The van der Waals surface area contributed by atoms with Crippen LogP contribution in [0.25, 0.3) is 0 Å². The number of carboxylic acids is 1. The molecule has 17 heavy (non-hydrogen) atoms. The van der Waals surface area contributed by atoms with E-state index in [1.807, 2.05) is 0 Å². The topological polar surface area (TPSA) is 46.5 Å². The smallest absolute Gasteiger partial charge is 0.309 e. The lowest BCUT2D eigenvalue weighted by Gasteiger charge is -2.20. The number of ether oxygens (including phenoxy) is 1. The average Bonchev–Trinajstić information content (AvgIpc) is 2.15. The third-order valence-corrected chi connectivity index (χ3v) is 2.72. The Hall–Kier alpha value is -1.29. The molecule has 0 heterocycles. The quantitative estimate of drug-likeness (QED) is 0.905. The number of rotatable bonds is 4. The number of hydrogen-bond acceptors (Lipinski definition) is 2. The highest BCUT2D eigenvalue weighted by atomic mass is 35.5. The monoisotopic (exact) mass is 260 g/mol. The van der Waals surface area contributed by atoms with Crippen LogP contribution in [-0.2, 0) is 11.2 Å². The third-order valence-electron chi connectivity index (χ3n) is 2.50. The molecule has 0 radical (unpaired) electrons. The van der Waals surface area contributed by atoms with E-state index < -0.39 is 17.2 Å². The summed E-state index contributed by atoms with van der Waals surface area (Å²) in [5, 5.41) is 9.26. The average molecular weight is 261 g/mol. The number of benzene rings is 1. The maximum absolute atomic E-state index is 13.5. The van der Waals surface area contributed by atoms with Gasteiger partial charge in [0.15, 0.2) is 11.6 Å².